The Morgan fingerprint density at radius 3 is 2.40 bits per heavy atom. The van der Waals surface area contributed by atoms with Gasteiger partial charge in [-0.2, -0.15) is 0 Å². The van der Waals surface area contributed by atoms with Crippen molar-refractivity contribution in [3.63, 3.8) is 0 Å². The van der Waals surface area contributed by atoms with Crippen molar-refractivity contribution in [2.24, 2.45) is 0 Å². The number of carbonyl (C=O) groups is 2. The van der Waals surface area contributed by atoms with Crippen LogP contribution in [0.4, 0.5) is 4.79 Å². The standard InChI is InChI=1S/C15H20N2O3/c1-11-3-5-12(6-4-11)10-16-14(20)17-15(7-2-8-15)9-13(18)19/h3-6H,2,7-10H2,1H3,(H,18,19)(H2,16,17,20). The molecule has 0 saturated heterocycles. The number of benzene rings is 1. The van der Waals surface area contributed by atoms with Crippen LogP contribution in [0.5, 0.6) is 0 Å². The quantitative estimate of drug-likeness (QED) is 0.771. The lowest BCUT2D eigenvalue weighted by molar-refractivity contribution is -0.139. The Kier molecular flexibility index (Phi) is 4.27. The third kappa shape index (κ3) is 3.73. The first kappa shape index (κ1) is 14.4. The Balaban J connectivity index is 1.83. The second kappa shape index (κ2) is 5.94. The van der Waals surface area contributed by atoms with E-state index in [1.807, 2.05) is 31.2 Å². The molecule has 108 valence electrons. The van der Waals surface area contributed by atoms with Crippen molar-refractivity contribution in [1.82, 2.24) is 10.6 Å². The number of carboxylic acid groups (broad SMARTS) is 1. The summed E-state index contributed by atoms with van der Waals surface area (Å²) in [6, 6.07) is 7.61. The van der Waals surface area contributed by atoms with Crippen LogP contribution in [0, 0.1) is 6.92 Å². The summed E-state index contributed by atoms with van der Waals surface area (Å²) < 4.78 is 0. The first-order chi connectivity index (χ1) is 9.49. The molecule has 20 heavy (non-hydrogen) atoms. The van der Waals surface area contributed by atoms with Crippen LogP contribution in [-0.4, -0.2) is 22.6 Å². The van der Waals surface area contributed by atoms with Gasteiger partial charge in [0.05, 0.1) is 12.0 Å². The number of rotatable bonds is 5. The maximum atomic E-state index is 11.9. The van der Waals surface area contributed by atoms with Gasteiger partial charge in [-0.1, -0.05) is 29.8 Å². The molecule has 2 rings (SSSR count). The fourth-order valence-electron chi connectivity index (χ4n) is 2.41. The number of urea groups is 1. The Morgan fingerprint density at radius 2 is 1.90 bits per heavy atom. The van der Waals surface area contributed by atoms with Gasteiger partial charge in [-0.25, -0.2) is 4.79 Å². The molecule has 0 heterocycles. The van der Waals surface area contributed by atoms with Gasteiger partial charge in [0.25, 0.3) is 0 Å². The third-order valence-corrected chi connectivity index (χ3v) is 3.75. The molecule has 0 aromatic heterocycles. The van der Waals surface area contributed by atoms with Crippen molar-refractivity contribution in [2.75, 3.05) is 0 Å². The maximum absolute atomic E-state index is 11.9. The Bertz CT molecular complexity index is 492. The molecular formula is C15H20N2O3. The topological polar surface area (TPSA) is 78.4 Å². The highest BCUT2D eigenvalue weighted by atomic mass is 16.4. The molecule has 0 atom stereocenters. The van der Waals surface area contributed by atoms with Crippen LogP contribution < -0.4 is 10.6 Å². The minimum Gasteiger partial charge on any atom is -0.481 e. The number of aliphatic carboxylic acids is 1. The summed E-state index contributed by atoms with van der Waals surface area (Å²) in [5.74, 6) is -0.872. The molecular weight excluding hydrogens is 256 g/mol. The minimum absolute atomic E-state index is 0.00898. The van der Waals surface area contributed by atoms with Crippen LogP contribution in [0.2, 0.25) is 0 Å². The zero-order valence-electron chi connectivity index (χ0n) is 11.6. The van der Waals surface area contributed by atoms with Crippen molar-refractivity contribution in [3.05, 3.63) is 35.4 Å². The van der Waals surface area contributed by atoms with E-state index in [1.54, 1.807) is 0 Å². The predicted octanol–water partition coefficient (Wildman–Crippen LogP) is 2.19. The highest BCUT2D eigenvalue weighted by Gasteiger charge is 2.40. The summed E-state index contributed by atoms with van der Waals surface area (Å²) in [7, 11) is 0. The SMILES string of the molecule is Cc1ccc(CNC(=O)NC2(CC(=O)O)CCC2)cc1. The van der Waals surface area contributed by atoms with Gasteiger partial charge in [-0.05, 0) is 31.7 Å². The van der Waals surface area contributed by atoms with E-state index >= 15 is 0 Å². The summed E-state index contributed by atoms with van der Waals surface area (Å²) in [6.45, 7) is 2.45. The summed E-state index contributed by atoms with van der Waals surface area (Å²) >= 11 is 0. The smallest absolute Gasteiger partial charge is 0.315 e. The van der Waals surface area contributed by atoms with Gasteiger partial charge in [0.15, 0.2) is 0 Å². The Morgan fingerprint density at radius 1 is 1.25 bits per heavy atom. The molecule has 1 aromatic rings. The van der Waals surface area contributed by atoms with Gasteiger partial charge in [0.1, 0.15) is 0 Å². The van der Waals surface area contributed by atoms with Gasteiger partial charge < -0.3 is 15.7 Å². The lowest BCUT2D eigenvalue weighted by Gasteiger charge is -2.41. The molecule has 5 heteroatoms. The van der Waals surface area contributed by atoms with Crippen LogP contribution in [0.3, 0.4) is 0 Å². The van der Waals surface area contributed by atoms with Crippen molar-refractivity contribution in [2.45, 2.75) is 44.7 Å². The molecule has 1 saturated carbocycles. The zero-order chi connectivity index (χ0) is 14.6. The molecule has 1 fully saturated rings. The molecule has 3 N–H and O–H groups in total. The molecule has 0 radical (unpaired) electrons. The van der Waals surface area contributed by atoms with Crippen LogP contribution in [0.15, 0.2) is 24.3 Å². The van der Waals surface area contributed by atoms with E-state index in [0.717, 1.165) is 24.8 Å². The molecule has 1 aliphatic carbocycles. The van der Waals surface area contributed by atoms with Gasteiger partial charge >= 0.3 is 12.0 Å². The zero-order valence-corrected chi connectivity index (χ0v) is 11.6. The van der Waals surface area contributed by atoms with Crippen LogP contribution >= 0.6 is 0 Å². The van der Waals surface area contributed by atoms with Crippen molar-refractivity contribution < 1.29 is 14.7 Å². The van der Waals surface area contributed by atoms with E-state index in [4.69, 9.17) is 5.11 Å². The first-order valence-electron chi connectivity index (χ1n) is 6.82. The van der Waals surface area contributed by atoms with E-state index in [1.165, 1.54) is 5.56 Å². The second-order valence-electron chi connectivity index (χ2n) is 5.50. The monoisotopic (exact) mass is 276 g/mol. The Hall–Kier alpha value is -2.04. The van der Waals surface area contributed by atoms with Crippen LogP contribution in [0.25, 0.3) is 0 Å². The first-order valence-corrected chi connectivity index (χ1v) is 6.82. The Labute approximate surface area is 118 Å². The number of aryl methyl sites for hydroxylation is 1. The summed E-state index contributed by atoms with van der Waals surface area (Å²) in [4.78, 5) is 22.7. The van der Waals surface area contributed by atoms with Crippen molar-refractivity contribution in [3.8, 4) is 0 Å². The number of nitrogens with one attached hydrogen (secondary N) is 2. The van der Waals surface area contributed by atoms with Crippen LogP contribution in [-0.2, 0) is 11.3 Å². The maximum Gasteiger partial charge on any atom is 0.315 e. The lowest BCUT2D eigenvalue weighted by atomic mass is 9.74. The second-order valence-corrected chi connectivity index (χ2v) is 5.50. The predicted molar refractivity (Wildman–Crippen MR) is 75.4 cm³/mol. The highest BCUT2D eigenvalue weighted by molar-refractivity contribution is 5.77. The van der Waals surface area contributed by atoms with Gasteiger partial charge in [0, 0.05) is 6.54 Å². The average Bonchev–Trinajstić information content (AvgIpc) is 2.35. The highest BCUT2D eigenvalue weighted by Crippen LogP contribution is 2.34. The van der Waals surface area contributed by atoms with Crippen molar-refractivity contribution in [1.29, 1.82) is 0 Å². The molecule has 5 nitrogen and oxygen atoms in total. The molecule has 0 bridgehead atoms. The van der Waals surface area contributed by atoms with Gasteiger partial charge in [0.2, 0.25) is 0 Å². The van der Waals surface area contributed by atoms with Crippen molar-refractivity contribution >= 4 is 12.0 Å². The van der Waals surface area contributed by atoms with E-state index in [0.29, 0.717) is 6.54 Å². The molecule has 0 spiro atoms. The number of amides is 2. The number of hydrogen-bond acceptors (Lipinski definition) is 2. The minimum atomic E-state index is -0.872. The lowest BCUT2D eigenvalue weighted by Crippen LogP contribution is -2.57. The van der Waals surface area contributed by atoms with E-state index in [2.05, 4.69) is 10.6 Å². The van der Waals surface area contributed by atoms with Crippen LogP contribution in [0.1, 0.15) is 36.8 Å². The number of carboxylic acids is 1. The van der Waals surface area contributed by atoms with E-state index in [9.17, 15) is 9.59 Å². The third-order valence-electron chi connectivity index (χ3n) is 3.75. The number of carbonyl (C=O) groups excluding carboxylic acids is 1. The fraction of sp³-hybridized carbons (Fsp3) is 0.467. The fourth-order valence-corrected chi connectivity index (χ4v) is 2.41. The average molecular weight is 276 g/mol. The van der Waals surface area contributed by atoms with Gasteiger partial charge in [-0.3, -0.25) is 4.79 Å². The van der Waals surface area contributed by atoms with Gasteiger partial charge in [-0.15, -0.1) is 0 Å². The summed E-state index contributed by atoms with van der Waals surface area (Å²) in [5.41, 5.74) is 1.64. The molecule has 1 aliphatic rings. The molecule has 0 unspecified atom stereocenters. The largest absolute Gasteiger partial charge is 0.481 e. The summed E-state index contributed by atoms with van der Waals surface area (Å²) in [6.07, 6.45) is 2.42. The normalized spacial score (nSPS) is 16.1. The molecule has 1 aromatic carbocycles. The van der Waals surface area contributed by atoms with E-state index < -0.39 is 11.5 Å². The summed E-state index contributed by atoms with van der Waals surface area (Å²) in [5, 5.41) is 14.5. The molecule has 2 amide bonds. The van der Waals surface area contributed by atoms with E-state index in [-0.39, 0.29) is 12.5 Å². The molecule has 0 aliphatic heterocycles. The number of hydrogen-bond donors (Lipinski definition) is 3.